The van der Waals surface area contributed by atoms with Gasteiger partial charge in [-0.3, -0.25) is 0 Å². The van der Waals surface area contributed by atoms with Crippen LogP contribution in [0.4, 0.5) is 0 Å². The molecule has 160 valence electrons. The first-order valence-corrected chi connectivity index (χ1v) is 11.4. The summed E-state index contributed by atoms with van der Waals surface area (Å²) < 4.78 is 12.4. The predicted octanol–water partition coefficient (Wildman–Crippen LogP) is 7.85. The molecule has 0 aromatic heterocycles. The van der Waals surface area contributed by atoms with Crippen molar-refractivity contribution in [2.75, 3.05) is 13.2 Å². The Morgan fingerprint density at radius 1 is 0.655 bits per heavy atom. The van der Waals surface area contributed by atoms with Gasteiger partial charge < -0.3 is 9.47 Å². The Morgan fingerprint density at radius 3 is 1.28 bits per heavy atom. The molecule has 2 aromatic rings. The van der Waals surface area contributed by atoms with Gasteiger partial charge in [0.15, 0.2) is 0 Å². The zero-order chi connectivity index (χ0) is 22.0. The van der Waals surface area contributed by atoms with E-state index >= 15 is 0 Å². The molecule has 0 radical (unpaired) electrons. The van der Waals surface area contributed by atoms with Gasteiger partial charge in [-0.15, -0.1) is 0 Å². The van der Waals surface area contributed by atoms with Crippen molar-refractivity contribution in [2.45, 2.75) is 89.9 Å². The van der Waals surface area contributed by atoms with Crippen LogP contribution in [-0.2, 0) is 10.8 Å². The molecule has 0 spiro atoms. The fraction of sp³-hybridized carbons (Fsp3) is 0.538. The summed E-state index contributed by atoms with van der Waals surface area (Å²) in [6.45, 7) is 23.2. The number of rotatable bonds is 6. The molecule has 29 heavy (non-hydrogen) atoms. The van der Waals surface area contributed by atoms with E-state index in [-0.39, 0.29) is 10.8 Å². The van der Waals surface area contributed by atoms with Gasteiger partial charge in [0.1, 0.15) is 11.5 Å². The van der Waals surface area contributed by atoms with E-state index in [4.69, 9.17) is 9.47 Å². The maximum atomic E-state index is 6.19. The molecule has 2 rings (SSSR count). The van der Waals surface area contributed by atoms with Crippen molar-refractivity contribution in [1.82, 2.24) is 0 Å². The van der Waals surface area contributed by atoms with Crippen LogP contribution < -0.4 is 9.47 Å². The van der Waals surface area contributed by atoms with E-state index in [0.29, 0.717) is 13.2 Å². The molecule has 2 aromatic carbocycles. The van der Waals surface area contributed by atoms with E-state index < -0.39 is 0 Å². The van der Waals surface area contributed by atoms with Crippen LogP contribution in [0.15, 0.2) is 34.1 Å². The summed E-state index contributed by atoms with van der Waals surface area (Å²) in [6, 6.07) is 8.99. The number of aryl methyl sites for hydroxylation is 2. The minimum atomic E-state index is 0.0117. The highest BCUT2D eigenvalue weighted by atomic mass is 32.2. The minimum Gasteiger partial charge on any atom is -0.492 e. The molecule has 3 heteroatoms. The molecule has 0 aliphatic rings. The number of benzene rings is 2. The van der Waals surface area contributed by atoms with Gasteiger partial charge in [-0.2, -0.15) is 0 Å². The van der Waals surface area contributed by atoms with Crippen molar-refractivity contribution in [3.63, 3.8) is 0 Å². The van der Waals surface area contributed by atoms with Crippen LogP contribution in [0, 0.1) is 13.8 Å². The molecule has 0 N–H and O–H groups in total. The van der Waals surface area contributed by atoms with Crippen LogP contribution in [0.5, 0.6) is 11.5 Å². The standard InChI is InChI=1S/C26H38O2S/c1-11-27-23-19(25(5,6)7)13-17(3)15-21(23)29-22-16-18(4)14-20(26(8,9)10)24(22)28-12-2/h13-16H,11-12H2,1-10H3. The summed E-state index contributed by atoms with van der Waals surface area (Å²) in [5.74, 6) is 1.99. The molecular weight excluding hydrogens is 376 g/mol. The zero-order valence-corrected chi connectivity index (χ0v) is 20.8. The Bertz CT molecular complexity index is 783. The molecule has 0 unspecified atom stereocenters. The first-order valence-electron chi connectivity index (χ1n) is 10.6. The van der Waals surface area contributed by atoms with E-state index in [0.717, 1.165) is 21.3 Å². The van der Waals surface area contributed by atoms with Gasteiger partial charge in [0.05, 0.1) is 23.0 Å². The Kier molecular flexibility index (Phi) is 7.37. The maximum absolute atomic E-state index is 6.19. The first kappa shape index (κ1) is 23.7. The van der Waals surface area contributed by atoms with Crippen LogP contribution >= 0.6 is 11.8 Å². The SMILES string of the molecule is CCOc1c(Sc2cc(C)cc(C(C)(C)C)c2OCC)cc(C)cc1C(C)(C)C. The average Bonchev–Trinajstić information content (AvgIpc) is 2.57. The normalized spacial score (nSPS) is 12.2. The van der Waals surface area contributed by atoms with E-state index in [1.54, 1.807) is 11.8 Å². The third-order valence-electron chi connectivity index (χ3n) is 4.81. The molecule has 0 heterocycles. The topological polar surface area (TPSA) is 18.5 Å². The molecule has 0 atom stereocenters. The van der Waals surface area contributed by atoms with Crippen LogP contribution in [0.3, 0.4) is 0 Å². The fourth-order valence-corrected chi connectivity index (χ4v) is 4.70. The summed E-state index contributed by atoms with van der Waals surface area (Å²) in [5, 5.41) is 0. The Morgan fingerprint density at radius 2 is 1.00 bits per heavy atom. The third-order valence-corrected chi connectivity index (χ3v) is 5.86. The van der Waals surface area contributed by atoms with E-state index in [1.165, 1.54) is 22.3 Å². The van der Waals surface area contributed by atoms with Gasteiger partial charge in [0, 0.05) is 11.1 Å². The molecule has 0 amide bonds. The molecule has 0 saturated heterocycles. The maximum Gasteiger partial charge on any atom is 0.136 e. The van der Waals surface area contributed by atoms with E-state index in [2.05, 4.69) is 93.5 Å². The quantitative estimate of drug-likeness (QED) is 0.479. The van der Waals surface area contributed by atoms with Crippen LogP contribution in [0.25, 0.3) is 0 Å². The lowest BCUT2D eigenvalue weighted by molar-refractivity contribution is 0.320. The summed E-state index contributed by atoms with van der Waals surface area (Å²) in [6.07, 6.45) is 0. The number of hydrogen-bond donors (Lipinski definition) is 0. The van der Waals surface area contributed by atoms with Crippen molar-refractivity contribution in [1.29, 1.82) is 0 Å². The first-order chi connectivity index (χ1) is 13.4. The molecule has 2 nitrogen and oxygen atoms in total. The Hall–Kier alpha value is -1.61. The van der Waals surface area contributed by atoms with Crippen LogP contribution in [0.1, 0.15) is 77.6 Å². The van der Waals surface area contributed by atoms with Crippen molar-refractivity contribution in [2.24, 2.45) is 0 Å². The largest absolute Gasteiger partial charge is 0.492 e. The highest BCUT2D eigenvalue weighted by molar-refractivity contribution is 7.99. The lowest BCUT2D eigenvalue weighted by Gasteiger charge is -2.27. The minimum absolute atomic E-state index is 0.0117. The molecule has 0 aliphatic carbocycles. The second-order valence-corrected chi connectivity index (χ2v) is 10.8. The number of hydrogen-bond acceptors (Lipinski definition) is 3. The summed E-state index contributed by atoms with van der Waals surface area (Å²) in [7, 11) is 0. The number of ether oxygens (including phenoxy) is 2. The third kappa shape index (κ3) is 5.72. The monoisotopic (exact) mass is 414 g/mol. The van der Waals surface area contributed by atoms with Crippen molar-refractivity contribution in [3.05, 3.63) is 46.5 Å². The second kappa shape index (κ2) is 9.04. The van der Waals surface area contributed by atoms with Crippen LogP contribution in [-0.4, -0.2) is 13.2 Å². The molecule has 0 aliphatic heterocycles. The summed E-state index contributed by atoms with van der Waals surface area (Å²) in [4.78, 5) is 2.31. The second-order valence-electron chi connectivity index (χ2n) is 9.75. The highest BCUT2D eigenvalue weighted by Gasteiger charge is 2.26. The lowest BCUT2D eigenvalue weighted by atomic mass is 9.85. The van der Waals surface area contributed by atoms with Crippen molar-refractivity contribution < 1.29 is 9.47 Å². The molecular formula is C26H38O2S. The summed E-state index contributed by atoms with van der Waals surface area (Å²) >= 11 is 1.76. The Balaban J connectivity index is 2.71. The molecule has 0 bridgehead atoms. The summed E-state index contributed by atoms with van der Waals surface area (Å²) in [5.41, 5.74) is 5.03. The van der Waals surface area contributed by atoms with Gasteiger partial charge in [-0.05, 0) is 61.8 Å². The molecule has 0 fully saturated rings. The van der Waals surface area contributed by atoms with Gasteiger partial charge in [0.25, 0.3) is 0 Å². The predicted molar refractivity (Wildman–Crippen MR) is 126 cm³/mol. The lowest BCUT2D eigenvalue weighted by Crippen LogP contribution is -2.15. The van der Waals surface area contributed by atoms with Gasteiger partial charge in [-0.25, -0.2) is 0 Å². The molecule has 0 saturated carbocycles. The smallest absolute Gasteiger partial charge is 0.136 e. The zero-order valence-electron chi connectivity index (χ0n) is 19.9. The van der Waals surface area contributed by atoms with E-state index in [1.807, 2.05) is 0 Å². The Labute approximate surface area is 182 Å². The van der Waals surface area contributed by atoms with Crippen molar-refractivity contribution >= 4 is 11.8 Å². The van der Waals surface area contributed by atoms with Crippen molar-refractivity contribution in [3.8, 4) is 11.5 Å². The van der Waals surface area contributed by atoms with Gasteiger partial charge in [0.2, 0.25) is 0 Å². The van der Waals surface area contributed by atoms with Gasteiger partial charge in [-0.1, -0.05) is 65.4 Å². The highest BCUT2D eigenvalue weighted by Crippen LogP contribution is 2.47. The van der Waals surface area contributed by atoms with Crippen LogP contribution in [0.2, 0.25) is 0 Å². The van der Waals surface area contributed by atoms with E-state index in [9.17, 15) is 0 Å². The van der Waals surface area contributed by atoms with Gasteiger partial charge >= 0.3 is 0 Å². The fourth-order valence-electron chi connectivity index (χ4n) is 3.45. The average molecular weight is 415 g/mol.